The van der Waals surface area contributed by atoms with Gasteiger partial charge in [-0.15, -0.1) is 0 Å². The highest BCUT2D eigenvalue weighted by molar-refractivity contribution is 5.83. The van der Waals surface area contributed by atoms with Crippen LogP contribution < -0.4 is 5.73 Å². The minimum Gasteiger partial charge on any atom is -0.330 e. The molecule has 1 aromatic heterocycles. The van der Waals surface area contributed by atoms with Crippen molar-refractivity contribution in [3.8, 4) is 11.3 Å². The molecule has 1 aliphatic rings. The summed E-state index contributed by atoms with van der Waals surface area (Å²) in [6.07, 6.45) is 4.80. The van der Waals surface area contributed by atoms with Gasteiger partial charge >= 0.3 is 0 Å². The molecule has 3 atom stereocenters. The Morgan fingerprint density at radius 3 is 2.68 bits per heavy atom. The molecule has 1 saturated carbocycles. The average Bonchev–Trinajstić information content (AvgIpc) is 3.09. The number of aromatic nitrogens is 2. The summed E-state index contributed by atoms with van der Waals surface area (Å²) in [6, 6.07) is 12.3. The third-order valence-corrected chi connectivity index (χ3v) is 6.30. The summed E-state index contributed by atoms with van der Waals surface area (Å²) in [4.78, 5) is 13.3. The molecule has 0 aliphatic heterocycles. The number of rotatable bonds is 8. The van der Waals surface area contributed by atoms with Crippen LogP contribution in [-0.4, -0.2) is 22.1 Å². The van der Waals surface area contributed by atoms with Crippen molar-refractivity contribution < 1.29 is 4.79 Å². The van der Waals surface area contributed by atoms with E-state index < -0.39 is 0 Å². The zero-order valence-corrected chi connectivity index (χ0v) is 17.6. The lowest BCUT2D eigenvalue weighted by Crippen LogP contribution is -2.34. The highest BCUT2D eigenvalue weighted by atomic mass is 16.1. The number of hydrogen-bond donors (Lipinski definition) is 1. The summed E-state index contributed by atoms with van der Waals surface area (Å²) in [5, 5.41) is 4.79. The molecule has 0 unspecified atom stereocenters. The molecule has 1 aromatic carbocycles. The predicted molar refractivity (Wildman–Crippen MR) is 115 cm³/mol. The van der Waals surface area contributed by atoms with Crippen molar-refractivity contribution in [2.45, 2.75) is 59.4 Å². The molecular weight excluding hydrogens is 346 g/mol. The Labute approximate surface area is 169 Å². The molecule has 1 heterocycles. The monoisotopic (exact) mass is 381 g/mol. The Balaban J connectivity index is 1.83. The number of Topliss-reactive ketones (excluding diaryl/α,β-unsaturated/α-hetero) is 1. The fraction of sp³-hybridized carbons (Fsp3) is 0.583. The number of hydrogen-bond acceptors (Lipinski definition) is 3. The van der Waals surface area contributed by atoms with E-state index in [1.54, 1.807) is 0 Å². The van der Waals surface area contributed by atoms with E-state index in [0.29, 0.717) is 36.5 Å². The van der Waals surface area contributed by atoms with E-state index in [-0.39, 0.29) is 5.92 Å². The van der Waals surface area contributed by atoms with Crippen LogP contribution in [0.15, 0.2) is 36.4 Å². The quantitative estimate of drug-likeness (QED) is 0.720. The van der Waals surface area contributed by atoms with Gasteiger partial charge in [-0.2, -0.15) is 5.10 Å². The number of aryl methyl sites for hydroxylation is 1. The maximum atomic E-state index is 13.3. The fourth-order valence-corrected chi connectivity index (χ4v) is 4.66. The number of ketones is 1. The van der Waals surface area contributed by atoms with Crippen molar-refractivity contribution in [3.05, 3.63) is 42.1 Å². The van der Waals surface area contributed by atoms with E-state index in [2.05, 4.69) is 39.0 Å². The summed E-state index contributed by atoms with van der Waals surface area (Å²) in [5.74, 6) is 2.28. The van der Waals surface area contributed by atoms with Gasteiger partial charge in [0.25, 0.3) is 0 Å². The number of carbonyl (C=O) groups excluding carboxylic acids is 1. The van der Waals surface area contributed by atoms with Crippen molar-refractivity contribution in [1.82, 2.24) is 9.78 Å². The highest BCUT2D eigenvalue weighted by Gasteiger charge is 2.35. The van der Waals surface area contributed by atoms with Gasteiger partial charge < -0.3 is 5.73 Å². The topological polar surface area (TPSA) is 60.9 Å². The Morgan fingerprint density at radius 2 is 2.00 bits per heavy atom. The van der Waals surface area contributed by atoms with Crippen molar-refractivity contribution in [2.24, 2.45) is 29.4 Å². The Morgan fingerprint density at radius 1 is 1.25 bits per heavy atom. The van der Waals surface area contributed by atoms with Gasteiger partial charge in [0.05, 0.1) is 5.69 Å². The number of benzene rings is 1. The van der Waals surface area contributed by atoms with Gasteiger partial charge in [-0.1, -0.05) is 57.5 Å². The van der Waals surface area contributed by atoms with Gasteiger partial charge in [-0.25, -0.2) is 0 Å². The van der Waals surface area contributed by atoms with Gasteiger partial charge in [-0.05, 0) is 49.6 Å². The molecule has 0 bridgehead atoms. The zero-order valence-electron chi connectivity index (χ0n) is 17.6. The van der Waals surface area contributed by atoms with E-state index in [1.165, 1.54) is 12.8 Å². The van der Waals surface area contributed by atoms with Gasteiger partial charge in [0.15, 0.2) is 0 Å². The Hall–Kier alpha value is -1.94. The summed E-state index contributed by atoms with van der Waals surface area (Å²) in [5.41, 5.74) is 8.78. The van der Waals surface area contributed by atoms with Crippen LogP contribution in [-0.2, 0) is 17.8 Å². The lowest BCUT2D eigenvalue weighted by molar-refractivity contribution is -0.126. The molecule has 0 spiro atoms. The van der Waals surface area contributed by atoms with Crippen LogP contribution in [0.25, 0.3) is 11.3 Å². The van der Waals surface area contributed by atoms with Crippen molar-refractivity contribution in [3.63, 3.8) is 0 Å². The standard InChI is InChI=1S/C24H35N3O/c1-17(2)21-11-10-18(3)14-22(21)24(28)16-20-15-23(19-8-5-4-6-9-19)26-27(20)13-7-12-25/h4-6,8-9,15,17-18,21-22H,7,10-14,16,25H2,1-3H3/t18-,21+,22-/m1/s1. The smallest absolute Gasteiger partial charge is 0.142 e. The molecular formula is C24H35N3O. The first-order valence-corrected chi connectivity index (χ1v) is 10.8. The molecule has 28 heavy (non-hydrogen) atoms. The summed E-state index contributed by atoms with van der Waals surface area (Å²) >= 11 is 0. The first-order chi connectivity index (χ1) is 13.5. The maximum Gasteiger partial charge on any atom is 0.142 e. The molecule has 3 rings (SSSR count). The minimum atomic E-state index is 0.182. The number of nitrogens with two attached hydrogens (primary N) is 1. The van der Waals surface area contributed by atoms with Gasteiger partial charge in [-0.3, -0.25) is 9.48 Å². The summed E-state index contributed by atoms with van der Waals surface area (Å²) in [6.45, 7) is 8.21. The van der Waals surface area contributed by atoms with E-state index in [1.807, 2.05) is 22.9 Å². The largest absolute Gasteiger partial charge is 0.330 e. The van der Waals surface area contributed by atoms with Crippen LogP contribution in [0.1, 0.15) is 52.1 Å². The molecule has 0 saturated heterocycles. The normalized spacial score (nSPS) is 22.5. The molecule has 2 aromatic rings. The van der Waals surface area contributed by atoms with Gasteiger partial charge in [0, 0.05) is 30.1 Å². The third-order valence-electron chi connectivity index (χ3n) is 6.30. The first-order valence-electron chi connectivity index (χ1n) is 10.8. The first kappa shape index (κ1) is 20.8. The van der Waals surface area contributed by atoms with Crippen LogP contribution in [0.3, 0.4) is 0 Å². The second kappa shape index (κ2) is 9.51. The fourth-order valence-electron chi connectivity index (χ4n) is 4.66. The average molecular weight is 382 g/mol. The molecule has 4 heteroatoms. The highest BCUT2D eigenvalue weighted by Crippen LogP contribution is 2.39. The molecule has 152 valence electrons. The molecule has 1 fully saturated rings. The van der Waals surface area contributed by atoms with Crippen molar-refractivity contribution >= 4 is 5.78 Å². The predicted octanol–water partition coefficient (Wildman–Crippen LogP) is 4.72. The van der Waals surface area contributed by atoms with Crippen LogP contribution in [0.5, 0.6) is 0 Å². The van der Waals surface area contributed by atoms with Crippen LogP contribution in [0, 0.1) is 23.7 Å². The Bertz CT molecular complexity index is 765. The SMILES string of the molecule is CC(C)[C@@H]1CC[C@@H](C)C[C@H]1C(=O)Cc1cc(-c2ccccc2)nn1CCCN. The van der Waals surface area contributed by atoms with E-state index >= 15 is 0 Å². The van der Waals surface area contributed by atoms with Gasteiger partial charge in [0.2, 0.25) is 0 Å². The van der Waals surface area contributed by atoms with E-state index in [9.17, 15) is 4.79 Å². The molecule has 2 N–H and O–H groups in total. The molecule has 0 radical (unpaired) electrons. The second-order valence-electron chi connectivity index (χ2n) is 8.83. The number of nitrogens with zero attached hydrogens (tertiary/aromatic N) is 2. The second-order valence-corrected chi connectivity index (χ2v) is 8.83. The molecule has 0 amide bonds. The summed E-state index contributed by atoms with van der Waals surface area (Å²) in [7, 11) is 0. The molecule has 1 aliphatic carbocycles. The maximum absolute atomic E-state index is 13.3. The zero-order chi connectivity index (χ0) is 20.1. The van der Waals surface area contributed by atoms with Crippen molar-refractivity contribution in [1.29, 1.82) is 0 Å². The van der Waals surface area contributed by atoms with E-state index in [4.69, 9.17) is 10.8 Å². The molecule has 4 nitrogen and oxygen atoms in total. The van der Waals surface area contributed by atoms with Crippen LogP contribution in [0.4, 0.5) is 0 Å². The third kappa shape index (κ3) is 4.91. The summed E-state index contributed by atoms with van der Waals surface area (Å²) < 4.78 is 2.00. The number of carbonyl (C=O) groups is 1. The van der Waals surface area contributed by atoms with Gasteiger partial charge in [0.1, 0.15) is 5.78 Å². The van der Waals surface area contributed by atoms with Crippen LogP contribution >= 0.6 is 0 Å². The van der Waals surface area contributed by atoms with Crippen LogP contribution in [0.2, 0.25) is 0 Å². The minimum absolute atomic E-state index is 0.182. The lowest BCUT2D eigenvalue weighted by Gasteiger charge is -2.36. The Kier molecular flexibility index (Phi) is 7.06. The lowest BCUT2D eigenvalue weighted by atomic mass is 9.68. The van der Waals surface area contributed by atoms with Crippen molar-refractivity contribution in [2.75, 3.05) is 6.54 Å². The van der Waals surface area contributed by atoms with E-state index in [0.717, 1.165) is 36.3 Å².